The molecular weight excluding hydrogens is 398 g/mol. The molecule has 2 unspecified atom stereocenters. The van der Waals surface area contributed by atoms with Crippen molar-refractivity contribution in [1.82, 2.24) is 0 Å². The number of rotatable bonds is 11. The van der Waals surface area contributed by atoms with Gasteiger partial charge >= 0.3 is 0 Å². The van der Waals surface area contributed by atoms with Gasteiger partial charge in [0.15, 0.2) is 17.9 Å². The Morgan fingerprint density at radius 3 is 2.32 bits per heavy atom. The molecule has 1 saturated carbocycles. The molecule has 1 aliphatic heterocycles. The van der Waals surface area contributed by atoms with Crippen LogP contribution in [-0.2, 0) is 9.47 Å². The monoisotopic (exact) mass is 438 g/mol. The lowest BCUT2D eigenvalue weighted by molar-refractivity contribution is -0.183. The zero-order chi connectivity index (χ0) is 22.1. The Kier molecular flexibility index (Phi) is 10.0. The average Bonchev–Trinajstić information content (AvgIpc) is 2.80. The molecule has 176 valence electrons. The van der Waals surface area contributed by atoms with Gasteiger partial charge in [-0.2, -0.15) is 4.39 Å². The molecule has 0 spiro atoms. The summed E-state index contributed by atoms with van der Waals surface area (Å²) in [5.41, 5.74) is 0.494. The van der Waals surface area contributed by atoms with Crippen molar-refractivity contribution in [1.29, 1.82) is 0 Å². The molecule has 0 radical (unpaired) electrons. The van der Waals surface area contributed by atoms with Gasteiger partial charge in [0.2, 0.25) is 5.82 Å². The highest BCUT2D eigenvalue weighted by Gasteiger charge is 2.28. The Hall–Kier alpha value is -1.20. The van der Waals surface area contributed by atoms with Crippen molar-refractivity contribution in [2.24, 2.45) is 11.8 Å². The number of ether oxygens (including phenoxy) is 3. The zero-order valence-electron chi connectivity index (χ0n) is 19.3. The SMILES string of the molecule is CCCCOc1ccc(C2CCC(COC3CCC(CCCC)CO3)CC2)c(F)c1F. The normalized spacial score (nSPS) is 26.7. The topological polar surface area (TPSA) is 27.7 Å². The molecular formula is C26H40F2O3. The molecule has 0 amide bonds. The third-order valence-electron chi connectivity index (χ3n) is 6.93. The molecule has 1 aromatic carbocycles. The van der Waals surface area contributed by atoms with Crippen LogP contribution < -0.4 is 4.74 Å². The molecule has 3 nitrogen and oxygen atoms in total. The quantitative estimate of drug-likeness (QED) is 0.337. The van der Waals surface area contributed by atoms with Crippen molar-refractivity contribution in [2.45, 2.75) is 96.7 Å². The van der Waals surface area contributed by atoms with Crippen molar-refractivity contribution >= 4 is 0 Å². The van der Waals surface area contributed by atoms with Gasteiger partial charge in [0.1, 0.15) is 0 Å². The first-order valence-corrected chi connectivity index (χ1v) is 12.5. The highest BCUT2D eigenvalue weighted by Crippen LogP contribution is 2.39. The number of hydrogen-bond donors (Lipinski definition) is 0. The van der Waals surface area contributed by atoms with Gasteiger partial charge in [-0.15, -0.1) is 0 Å². The summed E-state index contributed by atoms with van der Waals surface area (Å²) >= 11 is 0. The Balaban J connectivity index is 1.40. The predicted molar refractivity (Wildman–Crippen MR) is 119 cm³/mol. The highest BCUT2D eigenvalue weighted by atomic mass is 19.2. The first-order valence-electron chi connectivity index (χ1n) is 12.5. The Morgan fingerprint density at radius 1 is 0.903 bits per heavy atom. The molecule has 5 heteroatoms. The lowest BCUT2D eigenvalue weighted by atomic mass is 9.79. The van der Waals surface area contributed by atoms with E-state index in [0.717, 1.165) is 51.6 Å². The van der Waals surface area contributed by atoms with Crippen molar-refractivity contribution in [3.63, 3.8) is 0 Å². The van der Waals surface area contributed by atoms with Crippen LogP contribution in [0.25, 0.3) is 0 Å². The van der Waals surface area contributed by atoms with E-state index in [0.29, 0.717) is 30.6 Å². The van der Waals surface area contributed by atoms with Crippen molar-refractivity contribution in [2.75, 3.05) is 19.8 Å². The summed E-state index contributed by atoms with van der Waals surface area (Å²) < 4.78 is 46.4. The minimum atomic E-state index is -0.842. The van der Waals surface area contributed by atoms with Crippen LogP contribution in [-0.4, -0.2) is 26.1 Å². The molecule has 3 rings (SSSR count). The van der Waals surface area contributed by atoms with E-state index in [2.05, 4.69) is 6.92 Å². The maximum absolute atomic E-state index is 14.7. The van der Waals surface area contributed by atoms with E-state index in [1.807, 2.05) is 6.92 Å². The van der Waals surface area contributed by atoms with E-state index in [-0.39, 0.29) is 18.0 Å². The van der Waals surface area contributed by atoms with Crippen LogP contribution in [0, 0.1) is 23.5 Å². The van der Waals surface area contributed by atoms with Gasteiger partial charge in [0.25, 0.3) is 0 Å². The lowest BCUT2D eigenvalue weighted by Gasteiger charge is -2.32. The molecule has 0 N–H and O–H groups in total. The van der Waals surface area contributed by atoms with Gasteiger partial charge in [-0.3, -0.25) is 0 Å². The van der Waals surface area contributed by atoms with Crippen LogP contribution in [0.15, 0.2) is 12.1 Å². The van der Waals surface area contributed by atoms with Gasteiger partial charge in [-0.25, -0.2) is 4.39 Å². The van der Waals surface area contributed by atoms with Gasteiger partial charge in [0, 0.05) is 0 Å². The first kappa shape index (κ1) is 24.4. The van der Waals surface area contributed by atoms with E-state index < -0.39 is 11.6 Å². The summed E-state index contributed by atoms with van der Waals surface area (Å²) in [6.45, 7) is 6.21. The zero-order valence-corrected chi connectivity index (χ0v) is 19.3. The molecule has 1 aliphatic carbocycles. The number of benzene rings is 1. The summed E-state index contributed by atoms with van der Waals surface area (Å²) in [6.07, 6.45) is 11.4. The molecule has 0 aromatic heterocycles. The molecule has 31 heavy (non-hydrogen) atoms. The first-order chi connectivity index (χ1) is 15.1. The second-order valence-electron chi connectivity index (χ2n) is 9.38. The van der Waals surface area contributed by atoms with Gasteiger partial charge in [0.05, 0.1) is 19.8 Å². The van der Waals surface area contributed by atoms with Crippen LogP contribution >= 0.6 is 0 Å². The summed E-state index contributed by atoms with van der Waals surface area (Å²) in [6, 6.07) is 3.30. The van der Waals surface area contributed by atoms with Crippen LogP contribution in [0.3, 0.4) is 0 Å². The van der Waals surface area contributed by atoms with Crippen molar-refractivity contribution < 1.29 is 23.0 Å². The second-order valence-corrected chi connectivity index (χ2v) is 9.38. The van der Waals surface area contributed by atoms with Crippen LogP contribution in [0.5, 0.6) is 5.75 Å². The molecule has 2 atom stereocenters. The van der Waals surface area contributed by atoms with Gasteiger partial charge < -0.3 is 14.2 Å². The third-order valence-corrected chi connectivity index (χ3v) is 6.93. The standard InChI is InChI=1S/C26H40F2O3/c1-3-5-7-19-10-15-24(30-17-19)31-18-20-8-11-21(12-9-20)22-13-14-23(26(28)25(22)27)29-16-6-4-2/h13-14,19-21,24H,3-12,15-18H2,1-2H3. The lowest BCUT2D eigenvalue weighted by Crippen LogP contribution is -2.30. The van der Waals surface area contributed by atoms with Crippen molar-refractivity contribution in [3.05, 3.63) is 29.3 Å². The van der Waals surface area contributed by atoms with Crippen LogP contribution in [0.4, 0.5) is 8.78 Å². The number of halogens is 2. The fourth-order valence-electron chi connectivity index (χ4n) is 4.82. The minimum absolute atomic E-state index is 0.0289. The predicted octanol–water partition coefficient (Wildman–Crippen LogP) is 7.38. The summed E-state index contributed by atoms with van der Waals surface area (Å²) in [4.78, 5) is 0. The van der Waals surface area contributed by atoms with E-state index in [1.165, 1.54) is 25.7 Å². The molecule has 1 aromatic rings. The summed E-state index contributed by atoms with van der Waals surface area (Å²) in [7, 11) is 0. The Bertz CT molecular complexity index is 650. The van der Waals surface area contributed by atoms with E-state index >= 15 is 0 Å². The maximum atomic E-state index is 14.7. The largest absolute Gasteiger partial charge is 0.490 e. The number of unbranched alkanes of at least 4 members (excludes halogenated alkanes) is 2. The molecule has 2 fully saturated rings. The Labute approximate surface area is 186 Å². The van der Waals surface area contributed by atoms with E-state index in [4.69, 9.17) is 14.2 Å². The maximum Gasteiger partial charge on any atom is 0.200 e. The van der Waals surface area contributed by atoms with Crippen LogP contribution in [0.2, 0.25) is 0 Å². The third kappa shape index (κ3) is 7.15. The second kappa shape index (κ2) is 12.7. The highest BCUT2D eigenvalue weighted by molar-refractivity contribution is 5.33. The minimum Gasteiger partial charge on any atom is -0.490 e. The molecule has 2 aliphatic rings. The molecule has 1 heterocycles. The van der Waals surface area contributed by atoms with E-state index in [9.17, 15) is 8.78 Å². The average molecular weight is 439 g/mol. The smallest absolute Gasteiger partial charge is 0.200 e. The fourth-order valence-corrected chi connectivity index (χ4v) is 4.82. The van der Waals surface area contributed by atoms with Crippen molar-refractivity contribution in [3.8, 4) is 5.75 Å². The summed E-state index contributed by atoms with van der Waals surface area (Å²) in [5.74, 6) is -0.314. The molecule has 0 bridgehead atoms. The van der Waals surface area contributed by atoms with E-state index in [1.54, 1.807) is 12.1 Å². The molecule has 1 saturated heterocycles. The van der Waals surface area contributed by atoms with Gasteiger partial charge in [-0.05, 0) is 80.8 Å². The Morgan fingerprint density at radius 2 is 1.65 bits per heavy atom. The summed E-state index contributed by atoms with van der Waals surface area (Å²) in [5, 5.41) is 0. The number of hydrogen-bond acceptors (Lipinski definition) is 3. The van der Waals surface area contributed by atoms with Gasteiger partial charge in [-0.1, -0.05) is 39.2 Å². The fraction of sp³-hybridized carbons (Fsp3) is 0.769. The van der Waals surface area contributed by atoms with Crippen LogP contribution in [0.1, 0.15) is 96.0 Å².